The molecule has 0 bridgehead atoms. The second-order valence-electron chi connectivity index (χ2n) is 8.67. The Hall–Kier alpha value is -4.81. The van der Waals surface area contributed by atoms with Gasteiger partial charge in [0.05, 0.1) is 12.9 Å². The number of nitrogens with one attached hydrogen (secondary N) is 1. The van der Waals surface area contributed by atoms with Crippen LogP contribution in [-0.2, 0) is 25.5 Å². The molecule has 0 saturated carbocycles. The number of nitrogens with zero attached hydrogens (tertiary/aromatic N) is 7. The Morgan fingerprint density at radius 3 is 2.69 bits per heavy atom. The third kappa shape index (κ3) is 4.56. The quantitative estimate of drug-likeness (QED) is 0.137. The molecular formula is C21H21FN10O7. The van der Waals surface area contributed by atoms with E-state index in [1.54, 1.807) is 12.1 Å². The summed E-state index contributed by atoms with van der Waals surface area (Å²) in [5, 5.41) is 43.6. The lowest BCUT2D eigenvalue weighted by Gasteiger charge is -2.27. The topological polar surface area (TPSA) is 263 Å². The van der Waals surface area contributed by atoms with Crippen LogP contribution in [0.4, 0.5) is 16.2 Å². The average Bonchev–Trinajstić information content (AvgIpc) is 3.63. The second kappa shape index (κ2) is 9.82. The van der Waals surface area contributed by atoms with Crippen molar-refractivity contribution in [1.29, 1.82) is 0 Å². The molecule has 4 aromatic rings. The van der Waals surface area contributed by atoms with Gasteiger partial charge in [0.15, 0.2) is 29.7 Å². The van der Waals surface area contributed by atoms with Crippen molar-refractivity contribution in [2.45, 2.75) is 36.6 Å². The molecule has 39 heavy (non-hydrogen) atoms. The minimum Gasteiger partial charge on any atom is -0.479 e. The molecule has 1 saturated heterocycles. The van der Waals surface area contributed by atoms with E-state index in [1.165, 1.54) is 12.1 Å². The van der Waals surface area contributed by atoms with Gasteiger partial charge in [-0.15, -0.1) is 5.10 Å². The third-order valence-corrected chi connectivity index (χ3v) is 6.22. The second-order valence-corrected chi connectivity index (χ2v) is 8.67. The summed E-state index contributed by atoms with van der Waals surface area (Å²) < 4.78 is 27.3. The van der Waals surface area contributed by atoms with Gasteiger partial charge in [0, 0.05) is 12.0 Å². The number of carboxylic acids is 2. The number of aromatic nitrogens is 8. The maximum Gasteiger partial charge on any atom is 0.348 e. The van der Waals surface area contributed by atoms with E-state index in [4.69, 9.17) is 20.9 Å². The molecule has 0 unspecified atom stereocenters. The smallest absolute Gasteiger partial charge is 0.348 e. The monoisotopic (exact) mass is 544 g/mol. The summed E-state index contributed by atoms with van der Waals surface area (Å²) in [4.78, 5) is 36.2. The number of hydrogen-bond donors (Lipinski definition) is 6. The molecule has 0 aliphatic carbocycles. The summed E-state index contributed by atoms with van der Waals surface area (Å²) in [6, 6.07) is 6.17. The summed E-state index contributed by atoms with van der Waals surface area (Å²) >= 11 is 0. The Morgan fingerprint density at radius 1 is 1.23 bits per heavy atom. The van der Waals surface area contributed by atoms with E-state index < -0.39 is 55.2 Å². The Morgan fingerprint density at radius 2 is 2.00 bits per heavy atom. The first-order valence-corrected chi connectivity index (χ1v) is 11.3. The first-order valence-electron chi connectivity index (χ1n) is 11.3. The standard InChI is InChI=1S/C21H21FN10O7/c22-11-13(33)10(39-17(11)32-7-25-12-14(23)26-20(24)27-16(12)32)6-38-21(18(34)35,19(36)37)5-8-2-1-3-9(4-8)15-28-30-31-29-15/h1-4,7,10-11,13,17,33H,5-6H2,(H,34,35)(H,36,37)(H4,23,24,26,27)(H,28,29,30,31)/t10-,11+,13-,17-/m1/s1. The third-order valence-electron chi connectivity index (χ3n) is 6.22. The molecule has 1 aliphatic rings. The molecular weight excluding hydrogens is 523 g/mol. The number of anilines is 2. The van der Waals surface area contributed by atoms with Crippen molar-refractivity contribution in [3.63, 3.8) is 0 Å². The Balaban J connectivity index is 1.38. The maximum absolute atomic E-state index is 15.1. The van der Waals surface area contributed by atoms with Crippen molar-refractivity contribution in [2.75, 3.05) is 18.1 Å². The lowest BCUT2D eigenvalue weighted by Crippen LogP contribution is -2.52. The van der Waals surface area contributed by atoms with Crippen molar-refractivity contribution >= 4 is 34.9 Å². The Bertz CT molecular complexity index is 1520. The van der Waals surface area contributed by atoms with E-state index >= 15 is 4.39 Å². The van der Waals surface area contributed by atoms with E-state index in [-0.39, 0.29) is 34.3 Å². The number of carbonyl (C=O) groups is 2. The molecule has 4 heterocycles. The number of alkyl halides is 1. The number of aliphatic carboxylic acids is 2. The number of nitrogens with two attached hydrogens (primary N) is 2. The number of carboxylic acid groups (broad SMARTS) is 2. The van der Waals surface area contributed by atoms with Gasteiger partial charge in [-0.3, -0.25) is 4.57 Å². The van der Waals surface area contributed by atoms with Crippen molar-refractivity contribution < 1.29 is 38.8 Å². The summed E-state index contributed by atoms with van der Waals surface area (Å²) in [5.74, 6) is -3.61. The lowest BCUT2D eigenvalue weighted by atomic mass is 9.93. The van der Waals surface area contributed by atoms with Crippen LogP contribution in [0.2, 0.25) is 0 Å². The Labute approximate surface area is 216 Å². The molecule has 0 spiro atoms. The predicted octanol–water partition coefficient (Wildman–Crippen LogP) is -1.07. The minimum absolute atomic E-state index is 0.0358. The zero-order valence-electron chi connectivity index (χ0n) is 19.7. The lowest BCUT2D eigenvalue weighted by molar-refractivity contribution is -0.190. The molecule has 3 aromatic heterocycles. The van der Waals surface area contributed by atoms with Gasteiger partial charge in [-0.2, -0.15) is 9.97 Å². The van der Waals surface area contributed by atoms with Crippen LogP contribution in [0, 0.1) is 0 Å². The number of fused-ring (bicyclic) bond motifs is 1. The fraction of sp³-hybridized carbons (Fsp3) is 0.333. The SMILES string of the molecule is Nc1nc(N)c2ncn([C@@H]3O[C@H](COC(Cc4cccc(-c5nnn[nH]5)c4)(C(=O)O)C(=O)O)[C@@H](O)[C@@H]3F)c2n1. The zero-order valence-corrected chi connectivity index (χ0v) is 19.7. The van der Waals surface area contributed by atoms with E-state index in [2.05, 4.69) is 35.6 Å². The fourth-order valence-electron chi connectivity index (χ4n) is 4.25. The number of ether oxygens (including phenoxy) is 2. The van der Waals surface area contributed by atoms with Gasteiger partial charge in [0.2, 0.25) is 5.95 Å². The average molecular weight is 544 g/mol. The molecule has 1 aromatic carbocycles. The van der Waals surface area contributed by atoms with Gasteiger partial charge >= 0.3 is 11.9 Å². The number of halogens is 1. The number of hydrogen-bond acceptors (Lipinski definition) is 13. The number of imidazole rings is 1. The number of aromatic amines is 1. The molecule has 0 amide bonds. The number of nitrogen functional groups attached to an aromatic ring is 2. The molecule has 204 valence electrons. The fourth-order valence-corrected chi connectivity index (χ4v) is 4.25. The minimum atomic E-state index is -2.80. The first-order chi connectivity index (χ1) is 18.6. The highest BCUT2D eigenvalue weighted by Crippen LogP contribution is 2.35. The van der Waals surface area contributed by atoms with Gasteiger partial charge in [0.1, 0.15) is 17.7 Å². The van der Waals surface area contributed by atoms with E-state index in [9.17, 15) is 24.9 Å². The highest BCUT2D eigenvalue weighted by Gasteiger charge is 2.52. The van der Waals surface area contributed by atoms with Crippen LogP contribution in [0.15, 0.2) is 30.6 Å². The highest BCUT2D eigenvalue weighted by atomic mass is 19.1. The Kier molecular flexibility index (Phi) is 6.50. The van der Waals surface area contributed by atoms with Crippen molar-refractivity contribution in [1.82, 2.24) is 40.1 Å². The molecule has 8 N–H and O–H groups in total. The van der Waals surface area contributed by atoms with Gasteiger partial charge in [-0.05, 0) is 22.1 Å². The predicted molar refractivity (Wildman–Crippen MR) is 126 cm³/mol. The van der Waals surface area contributed by atoms with Gasteiger partial charge in [-0.1, -0.05) is 18.2 Å². The zero-order chi connectivity index (χ0) is 27.9. The molecule has 1 aliphatic heterocycles. The van der Waals surface area contributed by atoms with Crippen LogP contribution < -0.4 is 11.5 Å². The van der Waals surface area contributed by atoms with Gasteiger partial charge in [-0.25, -0.2) is 24.1 Å². The number of aliphatic hydroxyl groups excluding tert-OH is 1. The molecule has 4 atom stereocenters. The largest absolute Gasteiger partial charge is 0.479 e. The number of aliphatic hydroxyl groups is 1. The maximum atomic E-state index is 15.1. The molecule has 17 nitrogen and oxygen atoms in total. The molecule has 0 radical (unpaired) electrons. The van der Waals surface area contributed by atoms with Crippen LogP contribution >= 0.6 is 0 Å². The summed E-state index contributed by atoms with van der Waals surface area (Å²) in [5.41, 5.74) is 9.49. The normalized spacial score (nSPS) is 21.4. The van der Waals surface area contributed by atoms with E-state index in [0.717, 1.165) is 10.9 Å². The van der Waals surface area contributed by atoms with Crippen molar-refractivity contribution in [3.8, 4) is 11.4 Å². The summed E-state index contributed by atoms with van der Waals surface area (Å²) in [6.07, 6.45) is -6.26. The molecule has 5 rings (SSSR count). The number of H-pyrrole nitrogens is 1. The van der Waals surface area contributed by atoms with Crippen molar-refractivity contribution in [3.05, 3.63) is 36.2 Å². The van der Waals surface area contributed by atoms with Crippen LogP contribution in [0.1, 0.15) is 11.8 Å². The van der Waals surface area contributed by atoms with Gasteiger partial charge in [0.25, 0.3) is 5.60 Å². The summed E-state index contributed by atoms with van der Waals surface area (Å²) in [6.45, 7) is -0.783. The van der Waals surface area contributed by atoms with Crippen molar-refractivity contribution in [2.24, 2.45) is 0 Å². The van der Waals surface area contributed by atoms with Gasteiger partial charge < -0.3 is 36.3 Å². The number of tetrazole rings is 1. The summed E-state index contributed by atoms with van der Waals surface area (Å²) in [7, 11) is 0. The van der Waals surface area contributed by atoms with E-state index in [1.807, 2.05) is 0 Å². The molecule has 1 fully saturated rings. The number of rotatable bonds is 9. The van der Waals surface area contributed by atoms with Crippen LogP contribution in [0.3, 0.4) is 0 Å². The molecule has 18 heteroatoms. The highest BCUT2D eigenvalue weighted by molar-refractivity contribution is 6.02. The number of benzene rings is 1. The van der Waals surface area contributed by atoms with Crippen LogP contribution in [-0.4, -0.2) is 98.0 Å². The van der Waals surface area contributed by atoms with E-state index in [0.29, 0.717) is 5.56 Å². The van der Waals surface area contributed by atoms with Crippen LogP contribution in [0.5, 0.6) is 0 Å². The van der Waals surface area contributed by atoms with Crippen LogP contribution in [0.25, 0.3) is 22.6 Å². The first kappa shape index (κ1) is 25.8.